The minimum absolute atomic E-state index is 0.0217. The summed E-state index contributed by atoms with van der Waals surface area (Å²) in [7, 11) is 1.51. The number of nitrogens with zero attached hydrogens (tertiary/aromatic N) is 1. The predicted molar refractivity (Wildman–Crippen MR) is 91.3 cm³/mol. The van der Waals surface area contributed by atoms with Crippen LogP contribution in [0.4, 0.5) is 9.18 Å². The first kappa shape index (κ1) is 19.5. The van der Waals surface area contributed by atoms with Crippen molar-refractivity contribution in [3.8, 4) is 0 Å². The predicted octanol–water partition coefficient (Wildman–Crippen LogP) is 2.84. The Morgan fingerprint density at radius 3 is 2.56 bits per heavy atom. The molecule has 1 aromatic carbocycles. The van der Waals surface area contributed by atoms with Crippen molar-refractivity contribution in [1.82, 2.24) is 10.2 Å². The molecule has 0 unspecified atom stereocenters. The van der Waals surface area contributed by atoms with Gasteiger partial charge >= 0.3 is 6.09 Å². The Morgan fingerprint density at radius 1 is 1.32 bits per heavy atom. The van der Waals surface area contributed by atoms with E-state index in [-0.39, 0.29) is 23.2 Å². The molecule has 1 heterocycles. The maximum atomic E-state index is 13.1. The van der Waals surface area contributed by atoms with Crippen LogP contribution in [0.15, 0.2) is 18.2 Å². The zero-order valence-corrected chi connectivity index (χ0v) is 15.4. The third kappa shape index (κ3) is 5.06. The van der Waals surface area contributed by atoms with E-state index in [0.717, 1.165) is 12.1 Å². The summed E-state index contributed by atoms with van der Waals surface area (Å²) in [6, 6.07) is 3.13. The lowest BCUT2D eigenvalue weighted by Crippen LogP contribution is -2.44. The van der Waals surface area contributed by atoms with Crippen LogP contribution in [-0.2, 0) is 9.47 Å². The maximum absolute atomic E-state index is 13.1. The number of likely N-dealkylation sites (tertiary alicyclic amines) is 1. The van der Waals surface area contributed by atoms with Crippen LogP contribution in [0.2, 0.25) is 5.02 Å². The largest absolute Gasteiger partial charge is 0.444 e. The molecule has 2 rings (SSSR count). The van der Waals surface area contributed by atoms with Gasteiger partial charge in [0, 0.05) is 13.7 Å². The highest BCUT2D eigenvalue weighted by Crippen LogP contribution is 2.20. The number of carbonyl (C=O) groups excluding carboxylic acids is 2. The van der Waals surface area contributed by atoms with Crippen LogP contribution >= 0.6 is 11.6 Å². The van der Waals surface area contributed by atoms with Gasteiger partial charge in [-0.2, -0.15) is 0 Å². The average Bonchev–Trinajstić information content (AvgIpc) is 2.88. The second kappa shape index (κ2) is 7.58. The Bertz CT molecular complexity index is 663. The number of hydrogen-bond donors (Lipinski definition) is 1. The Balaban J connectivity index is 2.05. The van der Waals surface area contributed by atoms with Crippen LogP contribution in [0, 0.1) is 5.82 Å². The molecule has 138 valence electrons. The zero-order chi connectivity index (χ0) is 18.8. The van der Waals surface area contributed by atoms with E-state index in [2.05, 4.69) is 5.32 Å². The number of methoxy groups -OCH3 is 1. The van der Waals surface area contributed by atoms with Crippen LogP contribution in [0.5, 0.6) is 0 Å². The van der Waals surface area contributed by atoms with Crippen molar-refractivity contribution in [2.75, 3.05) is 20.2 Å². The summed E-state index contributed by atoms with van der Waals surface area (Å²) in [6.45, 7) is 5.89. The molecule has 6 nitrogen and oxygen atoms in total. The number of carbonyl (C=O) groups is 2. The van der Waals surface area contributed by atoms with Crippen LogP contribution in [0.3, 0.4) is 0 Å². The molecule has 2 atom stereocenters. The third-order valence-electron chi connectivity index (χ3n) is 3.71. The van der Waals surface area contributed by atoms with Crippen molar-refractivity contribution in [2.45, 2.75) is 38.5 Å². The Morgan fingerprint density at radius 2 is 2.00 bits per heavy atom. The monoisotopic (exact) mass is 372 g/mol. The molecule has 0 spiro atoms. The van der Waals surface area contributed by atoms with Crippen molar-refractivity contribution in [3.05, 3.63) is 34.6 Å². The van der Waals surface area contributed by atoms with Crippen molar-refractivity contribution < 1.29 is 23.5 Å². The molecule has 0 aromatic heterocycles. The van der Waals surface area contributed by atoms with Gasteiger partial charge in [0.25, 0.3) is 5.91 Å². The second-order valence-corrected chi connectivity index (χ2v) is 7.27. The van der Waals surface area contributed by atoms with Crippen molar-refractivity contribution >= 4 is 23.6 Å². The minimum atomic E-state index is -0.609. The molecule has 0 bridgehead atoms. The molecule has 0 saturated carbocycles. The average molecular weight is 373 g/mol. The highest BCUT2D eigenvalue weighted by atomic mass is 35.5. The maximum Gasteiger partial charge on any atom is 0.410 e. The molecule has 1 fully saturated rings. The van der Waals surface area contributed by atoms with Gasteiger partial charge in [0.15, 0.2) is 0 Å². The summed E-state index contributed by atoms with van der Waals surface area (Å²) < 4.78 is 23.8. The van der Waals surface area contributed by atoms with Crippen LogP contribution in [0.1, 0.15) is 31.1 Å². The summed E-state index contributed by atoms with van der Waals surface area (Å²) in [5.41, 5.74) is -0.448. The van der Waals surface area contributed by atoms with E-state index in [0.29, 0.717) is 6.54 Å². The fraction of sp³-hybridized carbons (Fsp3) is 0.529. The SMILES string of the molecule is CO[C@H]1CN(C(=O)OC(C)(C)C)C[C@H]1NC(=O)c1ccc(F)cc1Cl. The number of benzene rings is 1. The first-order chi connectivity index (χ1) is 11.6. The summed E-state index contributed by atoms with van der Waals surface area (Å²) in [5, 5.41) is 2.81. The fourth-order valence-electron chi connectivity index (χ4n) is 2.55. The highest BCUT2D eigenvalue weighted by Gasteiger charge is 2.38. The van der Waals surface area contributed by atoms with Crippen LogP contribution in [0.25, 0.3) is 0 Å². The molecule has 2 amide bonds. The van der Waals surface area contributed by atoms with Gasteiger partial charge in [-0.15, -0.1) is 0 Å². The van der Waals surface area contributed by atoms with E-state index in [1.54, 1.807) is 20.8 Å². The number of amides is 2. The number of hydrogen-bond acceptors (Lipinski definition) is 4. The van der Waals surface area contributed by atoms with E-state index in [4.69, 9.17) is 21.1 Å². The lowest BCUT2D eigenvalue weighted by Gasteiger charge is -2.24. The molecule has 8 heteroatoms. The Labute approximate surface area is 151 Å². The van der Waals surface area contributed by atoms with E-state index in [9.17, 15) is 14.0 Å². The van der Waals surface area contributed by atoms with Crippen molar-refractivity contribution in [2.24, 2.45) is 0 Å². The standard InChI is InChI=1S/C17H22ClFN2O4/c1-17(2,3)25-16(23)21-8-13(14(9-21)24-4)20-15(22)11-6-5-10(19)7-12(11)18/h5-7,13-14H,8-9H2,1-4H3,(H,20,22)/t13-,14+/m1/s1. The van der Waals surface area contributed by atoms with E-state index in [1.165, 1.54) is 18.1 Å². The van der Waals surface area contributed by atoms with Gasteiger partial charge in [0.1, 0.15) is 11.4 Å². The van der Waals surface area contributed by atoms with E-state index < -0.39 is 29.5 Å². The molecule has 25 heavy (non-hydrogen) atoms. The topological polar surface area (TPSA) is 67.9 Å². The lowest BCUT2D eigenvalue weighted by molar-refractivity contribution is 0.0252. The van der Waals surface area contributed by atoms with Crippen molar-refractivity contribution in [1.29, 1.82) is 0 Å². The van der Waals surface area contributed by atoms with Gasteiger partial charge in [0.05, 0.1) is 29.3 Å². The van der Waals surface area contributed by atoms with Crippen LogP contribution < -0.4 is 5.32 Å². The van der Waals surface area contributed by atoms with Gasteiger partial charge in [-0.3, -0.25) is 4.79 Å². The Kier molecular flexibility index (Phi) is 5.90. The quantitative estimate of drug-likeness (QED) is 0.885. The smallest absolute Gasteiger partial charge is 0.410 e. The molecule has 0 aliphatic carbocycles. The summed E-state index contributed by atoms with van der Waals surface area (Å²) in [5.74, 6) is -0.976. The molecule has 1 saturated heterocycles. The van der Waals surface area contributed by atoms with Gasteiger partial charge in [-0.05, 0) is 39.0 Å². The first-order valence-electron chi connectivity index (χ1n) is 7.87. The normalized spacial score (nSPS) is 20.5. The van der Waals surface area contributed by atoms with Gasteiger partial charge in [-0.25, -0.2) is 9.18 Å². The number of halogens is 2. The van der Waals surface area contributed by atoms with Gasteiger partial charge in [-0.1, -0.05) is 11.6 Å². The Hall–Kier alpha value is -1.86. The third-order valence-corrected chi connectivity index (χ3v) is 4.03. The fourth-order valence-corrected chi connectivity index (χ4v) is 2.80. The summed E-state index contributed by atoms with van der Waals surface area (Å²) in [6.07, 6.45) is -0.846. The zero-order valence-electron chi connectivity index (χ0n) is 14.6. The molecular formula is C17H22ClFN2O4. The lowest BCUT2D eigenvalue weighted by atomic mass is 10.1. The summed E-state index contributed by atoms with van der Waals surface area (Å²) >= 11 is 5.92. The number of rotatable bonds is 3. The molecule has 0 radical (unpaired) electrons. The summed E-state index contributed by atoms with van der Waals surface area (Å²) in [4.78, 5) is 26.1. The van der Waals surface area contributed by atoms with Crippen molar-refractivity contribution in [3.63, 3.8) is 0 Å². The first-order valence-corrected chi connectivity index (χ1v) is 8.25. The molecule has 1 aliphatic heterocycles. The van der Waals surface area contributed by atoms with E-state index >= 15 is 0 Å². The molecular weight excluding hydrogens is 351 g/mol. The molecule has 1 N–H and O–H groups in total. The molecule has 1 aliphatic rings. The van der Waals surface area contributed by atoms with Gasteiger partial charge < -0.3 is 19.7 Å². The number of ether oxygens (including phenoxy) is 2. The van der Waals surface area contributed by atoms with Gasteiger partial charge in [0.2, 0.25) is 0 Å². The molecule has 1 aromatic rings. The van der Waals surface area contributed by atoms with E-state index in [1.807, 2.05) is 0 Å². The minimum Gasteiger partial charge on any atom is -0.444 e. The van der Waals surface area contributed by atoms with Crippen LogP contribution in [-0.4, -0.2) is 54.8 Å². The second-order valence-electron chi connectivity index (χ2n) is 6.86. The number of nitrogens with one attached hydrogen (secondary N) is 1. The highest BCUT2D eigenvalue weighted by molar-refractivity contribution is 6.33.